The monoisotopic (exact) mass is 282 g/mol. The van der Waals surface area contributed by atoms with Crippen LogP contribution >= 0.6 is 0 Å². The molecule has 0 radical (unpaired) electrons. The molecule has 2 rings (SSSR count). The zero-order chi connectivity index (χ0) is 14.9. The summed E-state index contributed by atoms with van der Waals surface area (Å²) < 4.78 is 40.1. The molecule has 6 heteroatoms. The lowest BCUT2D eigenvalue weighted by molar-refractivity contribution is 0.448. The van der Waals surface area contributed by atoms with Gasteiger partial charge in [0.15, 0.2) is 17.5 Å². The Bertz CT molecular complexity index is 710. The van der Waals surface area contributed by atoms with Gasteiger partial charge in [0.25, 0.3) is 5.56 Å². The van der Waals surface area contributed by atoms with E-state index in [1.54, 1.807) is 0 Å². The van der Waals surface area contributed by atoms with Crippen molar-refractivity contribution < 1.29 is 13.2 Å². The highest BCUT2D eigenvalue weighted by atomic mass is 19.2. The third kappa shape index (κ3) is 2.45. The molecule has 1 N–H and O–H groups in total. The molecule has 0 saturated carbocycles. The van der Waals surface area contributed by atoms with Gasteiger partial charge in [0.05, 0.1) is 5.69 Å². The first kappa shape index (κ1) is 14.3. The molecule has 0 aliphatic carbocycles. The van der Waals surface area contributed by atoms with Crippen LogP contribution in [0.1, 0.15) is 24.7 Å². The van der Waals surface area contributed by atoms with Crippen molar-refractivity contribution in [3.8, 4) is 11.3 Å². The molecule has 20 heavy (non-hydrogen) atoms. The first-order valence-electron chi connectivity index (χ1n) is 6.19. The van der Waals surface area contributed by atoms with E-state index >= 15 is 0 Å². The highest BCUT2D eigenvalue weighted by Gasteiger charge is 2.18. The minimum absolute atomic E-state index is 0.0357. The number of aryl methyl sites for hydroxylation is 1. The fourth-order valence-electron chi connectivity index (χ4n) is 1.91. The van der Waals surface area contributed by atoms with E-state index in [9.17, 15) is 18.0 Å². The van der Waals surface area contributed by atoms with Crippen molar-refractivity contribution in [2.24, 2.45) is 0 Å². The summed E-state index contributed by atoms with van der Waals surface area (Å²) in [6.45, 7) is 3.36. The maximum atomic E-state index is 13.8. The molecule has 0 aliphatic heterocycles. The molecule has 2 aromatic rings. The van der Waals surface area contributed by atoms with E-state index < -0.39 is 23.0 Å². The van der Waals surface area contributed by atoms with Gasteiger partial charge in [-0.2, -0.15) is 0 Å². The summed E-state index contributed by atoms with van der Waals surface area (Å²) in [4.78, 5) is 18.5. The molecular weight excluding hydrogens is 269 g/mol. The van der Waals surface area contributed by atoms with Gasteiger partial charge in [-0.15, -0.1) is 0 Å². The number of hydrogen-bond acceptors (Lipinski definition) is 2. The summed E-state index contributed by atoms with van der Waals surface area (Å²) in [5.41, 5.74) is -0.434. The summed E-state index contributed by atoms with van der Waals surface area (Å²) in [6, 6.07) is 1.90. The molecule has 0 spiro atoms. The summed E-state index contributed by atoms with van der Waals surface area (Å²) in [7, 11) is 0. The third-order valence-corrected chi connectivity index (χ3v) is 2.98. The minimum atomic E-state index is -1.57. The molecule has 0 fully saturated rings. The zero-order valence-electron chi connectivity index (χ0n) is 11.1. The van der Waals surface area contributed by atoms with Crippen LogP contribution in [0.4, 0.5) is 13.2 Å². The Labute approximate surface area is 113 Å². The predicted octanol–water partition coefficient (Wildman–Crippen LogP) is 3.12. The van der Waals surface area contributed by atoms with Gasteiger partial charge in [-0.25, -0.2) is 18.2 Å². The number of hydrogen-bond donors (Lipinski definition) is 1. The summed E-state index contributed by atoms with van der Waals surface area (Å²) in [6.07, 6.45) is 1.25. The summed E-state index contributed by atoms with van der Waals surface area (Å²) in [5, 5.41) is 0. The molecule has 0 unspecified atom stereocenters. The largest absolute Gasteiger partial charge is 0.310 e. The molecule has 0 saturated heterocycles. The molecule has 1 aromatic heterocycles. The van der Waals surface area contributed by atoms with E-state index in [-0.39, 0.29) is 16.8 Å². The number of halogens is 3. The Morgan fingerprint density at radius 3 is 2.55 bits per heavy atom. The maximum Gasteiger partial charge on any atom is 0.254 e. The Morgan fingerprint density at radius 1 is 1.20 bits per heavy atom. The summed E-state index contributed by atoms with van der Waals surface area (Å²) >= 11 is 0. The predicted molar refractivity (Wildman–Crippen MR) is 68.9 cm³/mol. The lowest BCUT2D eigenvalue weighted by Crippen LogP contribution is -2.16. The SMILES string of the molecule is CCCc1nc(-c2ccc(F)c(F)c2F)c(C)c(=O)[nH]1. The first-order chi connectivity index (χ1) is 9.45. The van der Waals surface area contributed by atoms with Gasteiger partial charge in [-0.05, 0) is 25.5 Å². The first-order valence-corrected chi connectivity index (χ1v) is 6.19. The van der Waals surface area contributed by atoms with Crippen molar-refractivity contribution in [1.29, 1.82) is 0 Å². The fraction of sp³-hybridized carbons (Fsp3) is 0.286. The number of aromatic amines is 1. The van der Waals surface area contributed by atoms with Gasteiger partial charge >= 0.3 is 0 Å². The van der Waals surface area contributed by atoms with E-state index in [1.165, 1.54) is 6.92 Å². The highest BCUT2D eigenvalue weighted by Crippen LogP contribution is 2.25. The van der Waals surface area contributed by atoms with E-state index in [0.29, 0.717) is 12.2 Å². The van der Waals surface area contributed by atoms with Crippen LogP contribution in [0.2, 0.25) is 0 Å². The lowest BCUT2D eigenvalue weighted by Gasteiger charge is -2.09. The molecule has 106 valence electrons. The second-order valence-electron chi connectivity index (χ2n) is 4.46. The van der Waals surface area contributed by atoms with E-state index in [4.69, 9.17) is 0 Å². The number of aromatic nitrogens is 2. The van der Waals surface area contributed by atoms with Crippen LogP contribution in [0.15, 0.2) is 16.9 Å². The van der Waals surface area contributed by atoms with Gasteiger partial charge in [0, 0.05) is 17.5 Å². The number of H-pyrrole nitrogens is 1. The van der Waals surface area contributed by atoms with Crippen molar-refractivity contribution in [3.05, 3.63) is 51.3 Å². The van der Waals surface area contributed by atoms with Crippen LogP contribution in [0.25, 0.3) is 11.3 Å². The Balaban J connectivity index is 2.69. The maximum absolute atomic E-state index is 13.8. The number of benzene rings is 1. The lowest BCUT2D eigenvalue weighted by atomic mass is 10.1. The van der Waals surface area contributed by atoms with Gasteiger partial charge < -0.3 is 4.98 Å². The van der Waals surface area contributed by atoms with Gasteiger partial charge in [-0.1, -0.05) is 6.92 Å². The van der Waals surface area contributed by atoms with Gasteiger partial charge in [0.1, 0.15) is 5.82 Å². The Hall–Kier alpha value is -2.11. The molecule has 0 bridgehead atoms. The smallest absolute Gasteiger partial charge is 0.254 e. The van der Waals surface area contributed by atoms with Crippen molar-refractivity contribution in [1.82, 2.24) is 9.97 Å². The van der Waals surface area contributed by atoms with E-state index in [0.717, 1.165) is 18.6 Å². The van der Waals surface area contributed by atoms with Crippen molar-refractivity contribution in [2.45, 2.75) is 26.7 Å². The summed E-state index contributed by atoms with van der Waals surface area (Å²) in [5.74, 6) is -3.79. The third-order valence-electron chi connectivity index (χ3n) is 2.98. The average Bonchev–Trinajstić information content (AvgIpc) is 2.41. The van der Waals surface area contributed by atoms with Crippen molar-refractivity contribution >= 4 is 0 Å². The van der Waals surface area contributed by atoms with Gasteiger partial charge in [0.2, 0.25) is 0 Å². The van der Waals surface area contributed by atoms with Crippen molar-refractivity contribution in [3.63, 3.8) is 0 Å². The Kier molecular flexibility index (Phi) is 3.92. The molecule has 3 nitrogen and oxygen atoms in total. The molecule has 1 aromatic carbocycles. The minimum Gasteiger partial charge on any atom is -0.310 e. The normalized spacial score (nSPS) is 10.8. The van der Waals surface area contributed by atoms with Crippen LogP contribution in [0.3, 0.4) is 0 Å². The highest BCUT2D eigenvalue weighted by molar-refractivity contribution is 5.63. The van der Waals surface area contributed by atoms with Crippen LogP contribution in [-0.4, -0.2) is 9.97 Å². The zero-order valence-corrected chi connectivity index (χ0v) is 11.1. The van der Waals surface area contributed by atoms with E-state index in [1.807, 2.05) is 6.92 Å². The second kappa shape index (κ2) is 5.48. The topological polar surface area (TPSA) is 45.8 Å². The van der Waals surface area contributed by atoms with Crippen LogP contribution in [-0.2, 0) is 6.42 Å². The van der Waals surface area contributed by atoms with Crippen LogP contribution < -0.4 is 5.56 Å². The average molecular weight is 282 g/mol. The molecule has 0 amide bonds. The number of rotatable bonds is 3. The van der Waals surface area contributed by atoms with Crippen LogP contribution in [0.5, 0.6) is 0 Å². The quantitative estimate of drug-likeness (QED) is 0.879. The van der Waals surface area contributed by atoms with Gasteiger partial charge in [-0.3, -0.25) is 4.79 Å². The number of nitrogens with zero attached hydrogens (tertiary/aromatic N) is 1. The fourth-order valence-corrected chi connectivity index (χ4v) is 1.91. The molecule has 0 aliphatic rings. The molecule has 0 atom stereocenters. The van der Waals surface area contributed by atoms with E-state index in [2.05, 4.69) is 9.97 Å². The Morgan fingerprint density at radius 2 is 1.90 bits per heavy atom. The van der Waals surface area contributed by atoms with Crippen LogP contribution in [0, 0.1) is 24.4 Å². The second-order valence-corrected chi connectivity index (χ2v) is 4.46. The number of nitrogens with one attached hydrogen (secondary N) is 1. The molecule has 1 heterocycles. The molecular formula is C14H13F3N2O. The standard InChI is InChI=1S/C14H13F3N2O/c1-3-4-10-18-13(7(2)14(20)19-10)8-5-6-9(15)12(17)11(8)16/h5-6H,3-4H2,1-2H3,(H,18,19,20). The van der Waals surface area contributed by atoms with Crippen molar-refractivity contribution in [2.75, 3.05) is 0 Å².